The summed E-state index contributed by atoms with van der Waals surface area (Å²) in [5, 5.41) is 0. The average molecular weight is 195 g/mol. The lowest BCUT2D eigenvalue weighted by Gasteiger charge is -2.35. The molecule has 0 bridgehead atoms. The second-order valence-corrected chi connectivity index (χ2v) is 6.36. The number of hydrogen-bond donors (Lipinski definition) is 1. The van der Waals surface area contributed by atoms with E-state index in [2.05, 4.69) is 20.8 Å². The molecule has 2 aliphatic carbocycles. The van der Waals surface area contributed by atoms with Gasteiger partial charge in [0.2, 0.25) is 0 Å². The highest BCUT2D eigenvalue weighted by Gasteiger charge is 2.63. The van der Waals surface area contributed by atoms with Crippen LogP contribution in [0.15, 0.2) is 0 Å². The molecule has 1 nitrogen and oxygen atoms in total. The lowest BCUT2D eigenvalue weighted by Crippen LogP contribution is -2.25. The maximum Gasteiger partial charge on any atom is -0.00406 e. The fraction of sp³-hybridized carbons (Fsp3) is 1.00. The van der Waals surface area contributed by atoms with Crippen LogP contribution in [0.4, 0.5) is 0 Å². The van der Waals surface area contributed by atoms with Gasteiger partial charge >= 0.3 is 0 Å². The molecule has 0 aromatic heterocycles. The fourth-order valence-corrected chi connectivity index (χ4v) is 4.24. The molecule has 2 N–H and O–H groups in total. The molecule has 0 unspecified atom stereocenters. The van der Waals surface area contributed by atoms with Crippen molar-refractivity contribution in [1.29, 1.82) is 0 Å². The van der Waals surface area contributed by atoms with Gasteiger partial charge in [-0.25, -0.2) is 0 Å². The molecule has 1 heteroatoms. The van der Waals surface area contributed by atoms with E-state index >= 15 is 0 Å². The van der Waals surface area contributed by atoms with Crippen LogP contribution in [-0.2, 0) is 0 Å². The summed E-state index contributed by atoms with van der Waals surface area (Å²) in [5.41, 5.74) is 7.01. The van der Waals surface area contributed by atoms with Crippen LogP contribution in [0.5, 0.6) is 0 Å². The monoisotopic (exact) mass is 195 g/mol. The summed E-state index contributed by atoms with van der Waals surface area (Å²) >= 11 is 0. The lowest BCUT2D eigenvalue weighted by atomic mass is 9.70. The second kappa shape index (κ2) is 3.23. The molecule has 2 aliphatic rings. The molecular formula is C13H25N. The number of hydrogen-bond acceptors (Lipinski definition) is 1. The zero-order valence-electron chi connectivity index (χ0n) is 9.97. The highest BCUT2D eigenvalue weighted by atomic mass is 14.7. The molecule has 2 rings (SSSR count). The Kier molecular flexibility index (Phi) is 2.42. The Bertz CT molecular complexity index is 213. The van der Waals surface area contributed by atoms with Crippen LogP contribution in [0, 0.1) is 22.7 Å². The minimum Gasteiger partial charge on any atom is -0.330 e. The third kappa shape index (κ3) is 1.41. The van der Waals surface area contributed by atoms with Crippen LogP contribution in [-0.4, -0.2) is 6.54 Å². The van der Waals surface area contributed by atoms with Crippen molar-refractivity contribution in [1.82, 2.24) is 0 Å². The van der Waals surface area contributed by atoms with E-state index in [1.54, 1.807) is 0 Å². The Labute approximate surface area is 88.4 Å². The van der Waals surface area contributed by atoms with Gasteiger partial charge in [-0.1, -0.05) is 40.0 Å². The lowest BCUT2D eigenvalue weighted by molar-refractivity contribution is 0.154. The average Bonchev–Trinajstić information content (AvgIpc) is 2.70. The molecular weight excluding hydrogens is 170 g/mol. The van der Waals surface area contributed by atoms with Crippen LogP contribution in [0.25, 0.3) is 0 Å². The van der Waals surface area contributed by atoms with Gasteiger partial charge in [0.1, 0.15) is 0 Å². The summed E-state index contributed by atoms with van der Waals surface area (Å²) in [4.78, 5) is 0. The first-order valence-corrected chi connectivity index (χ1v) is 6.22. The Morgan fingerprint density at radius 2 is 1.64 bits per heavy atom. The van der Waals surface area contributed by atoms with Gasteiger partial charge in [0, 0.05) is 0 Å². The van der Waals surface area contributed by atoms with Crippen molar-refractivity contribution in [3.05, 3.63) is 0 Å². The van der Waals surface area contributed by atoms with E-state index in [0.29, 0.717) is 10.8 Å². The zero-order chi connectivity index (χ0) is 10.4. The SMILES string of the molecule is CC1([C@@H]2[C@@H](CN)C2(C)C)CCCCC1. The molecule has 0 amide bonds. The maximum atomic E-state index is 5.87. The highest BCUT2D eigenvalue weighted by molar-refractivity contribution is 5.12. The Morgan fingerprint density at radius 3 is 2.07 bits per heavy atom. The van der Waals surface area contributed by atoms with E-state index in [0.717, 1.165) is 18.4 Å². The van der Waals surface area contributed by atoms with Gasteiger partial charge in [0.05, 0.1) is 0 Å². The molecule has 2 saturated carbocycles. The molecule has 0 aliphatic heterocycles. The summed E-state index contributed by atoms with van der Waals surface area (Å²) in [6.45, 7) is 8.23. The summed E-state index contributed by atoms with van der Waals surface area (Å²) in [5.74, 6) is 1.70. The van der Waals surface area contributed by atoms with E-state index in [1.165, 1.54) is 32.1 Å². The number of rotatable bonds is 2. The minimum atomic E-state index is 0.529. The fourth-order valence-electron chi connectivity index (χ4n) is 4.24. The van der Waals surface area contributed by atoms with E-state index in [1.807, 2.05) is 0 Å². The van der Waals surface area contributed by atoms with Crippen molar-refractivity contribution in [3.8, 4) is 0 Å². The molecule has 0 saturated heterocycles. The normalized spacial score (nSPS) is 39.4. The summed E-state index contributed by atoms with van der Waals surface area (Å²) in [6, 6.07) is 0. The molecule has 0 heterocycles. The van der Waals surface area contributed by atoms with E-state index in [9.17, 15) is 0 Å². The topological polar surface area (TPSA) is 26.0 Å². The van der Waals surface area contributed by atoms with Gasteiger partial charge < -0.3 is 5.73 Å². The largest absolute Gasteiger partial charge is 0.330 e. The van der Waals surface area contributed by atoms with E-state index in [4.69, 9.17) is 5.73 Å². The molecule has 82 valence electrons. The van der Waals surface area contributed by atoms with Gasteiger partial charge in [0.15, 0.2) is 0 Å². The smallest absolute Gasteiger partial charge is 0.00406 e. The van der Waals surface area contributed by atoms with Crippen LogP contribution in [0.1, 0.15) is 52.9 Å². The maximum absolute atomic E-state index is 5.87. The van der Waals surface area contributed by atoms with Gasteiger partial charge in [-0.05, 0) is 42.1 Å². The van der Waals surface area contributed by atoms with Crippen molar-refractivity contribution in [3.63, 3.8) is 0 Å². The van der Waals surface area contributed by atoms with Crippen molar-refractivity contribution in [2.24, 2.45) is 28.4 Å². The molecule has 0 aromatic rings. The summed E-state index contributed by atoms with van der Waals surface area (Å²) in [7, 11) is 0. The molecule has 14 heavy (non-hydrogen) atoms. The summed E-state index contributed by atoms with van der Waals surface area (Å²) in [6.07, 6.45) is 7.23. The highest BCUT2D eigenvalue weighted by Crippen LogP contribution is 2.68. The molecule has 2 atom stereocenters. The van der Waals surface area contributed by atoms with Crippen molar-refractivity contribution < 1.29 is 0 Å². The molecule has 2 fully saturated rings. The van der Waals surface area contributed by atoms with Gasteiger partial charge in [-0.15, -0.1) is 0 Å². The first-order chi connectivity index (χ1) is 6.52. The van der Waals surface area contributed by atoms with Crippen molar-refractivity contribution in [2.45, 2.75) is 52.9 Å². The predicted octanol–water partition coefficient (Wildman–Crippen LogP) is 3.19. The zero-order valence-corrected chi connectivity index (χ0v) is 9.97. The van der Waals surface area contributed by atoms with Crippen LogP contribution in [0.2, 0.25) is 0 Å². The van der Waals surface area contributed by atoms with E-state index < -0.39 is 0 Å². The van der Waals surface area contributed by atoms with Crippen LogP contribution < -0.4 is 5.73 Å². The number of nitrogens with two attached hydrogens (primary N) is 1. The standard InChI is InChI=1S/C13H25N/c1-12(2)10(9-14)11(12)13(3)7-5-4-6-8-13/h10-11H,4-9,14H2,1-3H3/t10-,11-/m1/s1. The quantitative estimate of drug-likeness (QED) is 0.719. The first kappa shape index (κ1) is 10.5. The predicted molar refractivity (Wildman–Crippen MR) is 61.0 cm³/mol. The van der Waals surface area contributed by atoms with Crippen LogP contribution in [0.3, 0.4) is 0 Å². The third-order valence-electron chi connectivity index (χ3n) is 5.05. The van der Waals surface area contributed by atoms with Gasteiger partial charge in [-0.2, -0.15) is 0 Å². The Hall–Kier alpha value is -0.0400. The minimum absolute atomic E-state index is 0.529. The Morgan fingerprint density at radius 1 is 1.07 bits per heavy atom. The van der Waals surface area contributed by atoms with Crippen molar-refractivity contribution in [2.75, 3.05) is 6.54 Å². The first-order valence-electron chi connectivity index (χ1n) is 6.22. The second-order valence-electron chi connectivity index (χ2n) is 6.36. The third-order valence-corrected chi connectivity index (χ3v) is 5.05. The van der Waals surface area contributed by atoms with Crippen LogP contribution >= 0.6 is 0 Å². The molecule has 0 aromatic carbocycles. The molecule has 0 spiro atoms. The summed E-state index contributed by atoms with van der Waals surface area (Å²) < 4.78 is 0. The van der Waals surface area contributed by atoms with E-state index in [-0.39, 0.29) is 0 Å². The van der Waals surface area contributed by atoms with Gasteiger partial charge in [0.25, 0.3) is 0 Å². The van der Waals surface area contributed by atoms with Gasteiger partial charge in [-0.3, -0.25) is 0 Å². The van der Waals surface area contributed by atoms with Crippen molar-refractivity contribution >= 4 is 0 Å². The Balaban J connectivity index is 2.08. The molecule has 0 radical (unpaired) electrons.